The fraction of sp³-hybridized carbons (Fsp3) is 1.00. The minimum atomic E-state index is 0.735. The van der Waals surface area contributed by atoms with Gasteiger partial charge in [0.15, 0.2) is 0 Å². The van der Waals surface area contributed by atoms with E-state index in [2.05, 4.69) is 37.9 Å². The lowest BCUT2D eigenvalue weighted by atomic mass is 9.93. The molecule has 3 unspecified atom stereocenters. The minimum absolute atomic E-state index is 0.735. The van der Waals surface area contributed by atoms with Crippen LogP contribution in [0, 0.1) is 5.92 Å². The van der Waals surface area contributed by atoms with Crippen molar-refractivity contribution in [1.82, 2.24) is 10.2 Å². The minimum Gasteiger partial charge on any atom is -0.314 e. The van der Waals surface area contributed by atoms with E-state index in [4.69, 9.17) is 0 Å². The van der Waals surface area contributed by atoms with Crippen LogP contribution in [0.1, 0.15) is 59.8 Å². The van der Waals surface area contributed by atoms with Gasteiger partial charge in [0.25, 0.3) is 0 Å². The van der Waals surface area contributed by atoms with Crippen LogP contribution in [0.15, 0.2) is 0 Å². The highest BCUT2D eigenvalue weighted by Gasteiger charge is 2.22. The first-order valence-electron chi connectivity index (χ1n) is 7.64. The van der Waals surface area contributed by atoms with Crippen molar-refractivity contribution in [3.8, 4) is 0 Å². The summed E-state index contributed by atoms with van der Waals surface area (Å²) in [6.07, 6.45) is 6.74. The Morgan fingerprint density at radius 2 is 2.06 bits per heavy atom. The molecule has 0 aromatic rings. The molecule has 0 aliphatic carbocycles. The highest BCUT2D eigenvalue weighted by Crippen LogP contribution is 2.22. The fourth-order valence-electron chi connectivity index (χ4n) is 3.07. The van der Waals surface area contributed by atoms with E-state index >= 15 is 0 Å². The molecule has 0 spiro atoms. The second-order valence-corrected chi connectivity index (χ2v) is 5.82. The molecule has 0 aromatic carbocycles. The molecule has 1 aliphatic rings. The van der Waals surface area contributed by atoms with E-state index in [1.54, 1.807) is 0 Å². The molecule has 2 nitrogen and oxygen atoms in total. The highest BCUT2D eigenvalue weighted by atomic mass is 15.2. The standard InChI is InChI=1S/C15H32N2/c1-5-15(16-6-2)8-7-10-17-11-9-13(3)12-14(17)4/h13-16H,5-12H2,1-4H3. The number of nitrogens with one attached hydrogen (secondary N) is 1. The summed E-state index contributed by atoms with van der Waals surface area (Å²) in [4.78, 5) is 2.69. The molecule has 0 radical (unpaired) electrons. The summed E-state index contributed by atoms with van der Waals surface area (Å²) in [6, 6.07) is 1.54. The lowest BCUT2D eigenvalue weighted by Gasteiger charge is -2.36. The lowest BCUT2D eigenvalue weighted by Crippen LogP contribution is -2.41. The van der Waals surface area contributed by atoms with Crippen molar-refractivity contribution < 1.29 is 0 Å². The number of likely N-dealkylation sites (tertiary alicyclic amines) is 1. The number of nitrogens with zero attached hydrogens (tertiary/aromatic N) is 1. The molecule has 0 bridgehead atoms. The first-order valence-corrected chi connectivity index (χ1v) is 7.64. The zero-order valence-corrected chi connectivity index (χ0v) is 12.3. The number of piperidine rings is 1. The predicted octanol–water partition coefficient (Wildman–Crippen LogP) is 3.28. The number of hydrogen-bond acceptors (Lipinski definition) is 2. The Bertz CT molecular complexity index is 193. The molecular weight excluding hydrogens is 208 g/mol. The molecule has 17 heavy (non-hydrogen) atoms. The Morgan fingerprint density at radius 3 is 2.65 bits per heavy atom. The van der Waals surface area contributed by atoms with Crippen LogP contribution < -0.4 is 5.32 Å². The number of hydrogen-bond donors (Lipinski definition) is 1. The third kappa shape index (κ3) is 5.39. The van der Waals surface area contributed by atoms with Crippen molar-refractivity contribution >= 4 is 0 Å². The predicted molar refractivity (Wildman–Crippen MR) is 76.4 cm³/mol. The summed E-state index contributed by atoms with van der Waals surface area (Å²) in [6.45, 7) is 13.0. The summed E-state index contributed by atoms with van der Waals surface area (Å²) in [5.41, 5.74) is 0. The third-order valence-corrected chi connectivity index (χ3v) is 4.26. The van der Waals surface area contributed by atoms with Gasteiger partial charge < -0.3 is 10.2 Å². The molecule has 1 heterocycles. The normalized spacial score (nSPS) is 28.2. The van der Waals surface area contributed by atoms with Crippen molar-refractivity contribution in [3.05, 3.63) is 0 Å². The maximum Gasteiger partial charge on any atom is 0.00694 e. The van der Waals surface area contributed by atoms with Crippen LogP contribution >= 0.6 is 0 Å². The maximum absolute atomic E-state index is 3.57. The van der Waals surface area contributed by atoms with E-state index in [0.717, 1.165) is 24.5 Å². The van der Waals surface area contributed by atoms with Gasteiger partial charge in [0.1, 0.15) is 0 Å². The monoisotopic (exact) mass is 240 g/mol. The summed E-state index contributed by atoms with van der Waals surface area (Å²) in [5, 5.41) is 3.57. The van der Waals surface area contributed by atoms with Gasteiger partial charge in [-0.15, -0.1) is 0 Å². The lowest BCUT2D eigenvalue weighted by molar-refractivity contribution is 0.126. The smallest absolute Gasteiger partial charge is 0.00694 e. The van der Waals surface area contributed by atoms with E-state index in [-0.39, 0.29) is 0 Å². The maximum atomic E-state index is 3.57. The first kappa shape index (κ1) is 15.0. The van der Waals surface area contributed by atoms with Gasteiger partial charge in [0, 0.05) is 12.1 Å². The topological polar surface area (TPSA) is 15.3 Å². The molecule has 0 saturated carbocycles. The molecule has 1 fully saturated rings. The Morgan fingerprint density at radius 1 is 1.29 bits per heavy atom. The van der Waals surface area contributed by atoms with Gasteiger partial charge in [-0.05, 0) is 64.6 Å². The van der Waals surface area contributed by atoms with E-state index in [9.17, 15) is 0 Å². The fourth-order valence-corrected chi connectivity index (χ4v) is 3.07. The zero-order chi connectivity index (χ0) is 12.7. The van der Waals surface area contributed by atoms with Gasteiger partial charge in [0.2, 0.25) is 0 Å². The van der Waals surface area contributed by atoms with E-state index < -0.39 is 0 Å². The summed E-state index contributed by atoms with van der Waals surface area (Å²) < 4.78 is 0. The molecule has 3 atom stereocenters. The van der Waals surface area contributed by atoms with Crippen LogP contribution in [0.2, 0.25) is 0 Å². The van der Waals surface area contributed by atoms with Crippen LogP contribution in [0.4, 0.5) is 0 Å². The van der Waals surface area contributed by atoms with E-state index in [1.165, 1.54) is 45.2 Å². The SMILES string of the molecule is CCNC(CC)CCCN1CCC(C)CC1C. The highest BCUT2D eigenvalue weighted by molar-refractivity contribution is 4.77. The van der Waals surface area contributed by atoms with Gasteiger partial charge in [-0.2, -0.15) is 0 Å². The van der Waals surface area contributed by atoms with Gasteiger partial charge in [-0.25, -0.2) is 0 Å². The van der Waals surface area contributed by atoms with Crippen LogP contribution in [-0.4, -0.2) is 36.6 Å². The Balaban J connectivity index is 2.17. The molecule has 0 aromatic heterocycles. The Labute approximate surface area is 108 Å². The largest absolute Gasteiger partial charge is 0.314 e. The van der Waals surface area contributed by atoms with Gasteiger partial charge in [-0.1, -0.05) is 20.8 Å². The quantitative estimate of drug-likeness (QED) is 0.735. The second-order valence-electron chi connectivity index (χ2n) is 5.82. The van der Waals surface area contributed by atoms with Crippen LogP contribution in [0.25, 0.3) is 0 Å². The Kier molecular flexibility index (Phi) is 7.14. The van der Waals surface area contributed by atoms with Gasteiger partial charge in [-0.3, -0.25) is 0 Å². The molecule has 102 valence electrons. The molecule has 1 saturated heterocycles. The number of rotatable bonds is 7. The Hall–Kier alpha value is -0.0800. The van der Waals surface area contributed by atoms with Gasteiger partial charge in [0.05, 0.1) is 0 Å². The summed E-state index contributed by atoms with van der Waals surface area (Å²) in [5.74, 6) is 0.936. The van der Waals surface area contributed by atoms with Crippen LogP contribution in [-0.2, 0) is 0 Å². The van der Waals surface area contributed by atoms with Crippen LogP contribution in [0.3, 0.4) is 0 Å². The molecule has 2 heteroatoms. The summed E-state index contributed by atoms with van der Waals surface area (Å²) in [7, 11) is 0. The van der Waals surface area contributed by atoms with Crippen molar-refractivity contribution in [1.29, 1.82) is 0 Å². The molecule has 1 rings (SSSR count). The summed E-state index contributed by atoms with van der Waals surface area (Å²) >= 11 is 0. The van der Waals surface area contributed by atoms with Crippen LogP contribution in [0.5, 0.6) is 0 Å². The molecular formula is C15H32N2. The average Bonchev–Trinajstić information content (AvgIpc) is 2.30. The zero-order valence-electron chi connectivity index (χ0n) is 12.3. The first-order chi connectivity index (χ1) is 8.17. The van der Waals surface area contributed by atoms with Crippen molar-refractivity contribution in [2.24, 2.45) is 5.92 Å². The van der Waals surface area contributed by atoms with E-state index in [0.29, 0.717) is 0 Å². The molecule has 0 amide bonds. The second kappa shape index (κ2) is 8.10. The molecule has 1 aliphatic heterocycles. The third-order valence-electron chi connectivity index (χ3n) is 4.26. The molecule has 1 N–H and O–H groups in total. The van der Waals surface area contributed by atoms with E-state index in [1.807, 2.05) is 0 Å². The van der Waals surface area contributed by atoms with Gasteiger partial charge >= 0.3 is 0 Å². The van der Waals surface area contributed by atoms with Crippen molar-refractivity contribution in [3.63, 3.8) is 0 Å². The van der Waals surface area contributed by atoms with Crippen molar-refractivity contribution in [2.45, 2.75) is 71.9 Å². The van der Waals surface area contributed by atoms with Crippen molar-refractivity contribution in [2.75, 3.05) is 19.6 Å². The average molecular weight is 240 g/mol.